The molecule has 1 fully saturated rings. The molecule has 1 aromatic carbocycles. The molecular weight excluding hydrogens is 344 g/mol. The fraction of sp³-hybridized carbons (Fsp3) is 0.619. The Labute approximate surface area is 162 Å². The van der Waals surface area contributed by atoms with Crippen LogP contribution in [0.2, 0.25) is 0 Å². The Hall–Kier alpha value is -2.24. The Morgan fingerprint density at radius 3 is 2.52 bits per heavy atom. The number of amides is 2. The van der Waals surface area contributed by atoms with Crippen LogP contribution >= 0.6 is 0 Å². The van der Waals surface area contributed by atoms with Gasteiger partial charge in [-0.1, -0.05) is 26.7 Å². The van der Waals surface area contributed by atoms with Crippen molar-refractivity contribution in [2.45, 2.75) is 52.5 Å². The van der Waals surface area contributed by atoms with E-state index in [1.165, 1.54) is 0 Å². The number of methoxy groups -OCH3 is 2. The third kappa shape index (κ3) is 5.62. The van der Waals surface area contributed by atoms with Crippen molar-refractivity contribution in [3.05, 3.63) is 18.2 Å². The molecule has 1 aromatic rings. The lowest BCUT2D eigenvalue weighted by atomic mass is 10.0. The Balaban J connectivity index is 1.95. The highest BCUT2D eigenvalue weighted by Crippen LogP contribution is 2.34. The van der Waals surface area contributed by atoms with E-state index in [-0.39, 0.29) is 30.2 Å². The van der Waals surface area contributed by atoms with Crippen LogP contribution in [0.5, 0.6) is 11.5 Å². The van der Waals surface area contributed by atoms with Crippen LogP contribution in [0.4, 0.5) is 5.69 Å². The molecule has 1 aliphatic heterocycles. The van der Waals surface area contributed by atoms with Gasteiger partial charge in [-0.25, -0.2) is 0 Å². The van der Waals surface area contributed by atoms with Gasteiger partial charge in [0.15, 0.2) is 11.5 Å². The third-order valence-corrected chi connectivity index (χ3v) is 4.98. The number of carbonyl (C=O) groups is 2. The van der Waals surface area contributed by atoms with Crippen molar-refractivity contribution in [3.8, 4) is 11.5 Å². The molecule has 1 N–H and O–H groups in total. The molecule has 1 heterocycles. The number of nitrogens with zero attached hydrogens (tertiary/aromatic N) is 1. The van der Waals surface area contributed by atoms with Crippen molar-refractivity contribution < 1.29 is 19.1 Å². The van der Waals surface area contributed by atoms with Gasteiger partial charge >= 0.3 is 0 Å². The van der Waals surface area contributed by atoms with Gasteiger partial charge in [0.05, 0.1) is 20.1 Å². The first kappa shape index (κ1) is 21.1. The minimum Gasteiger partial charge on any atom is -0.493 e. The Morgan fingerprint density at radius 1 is 1.19 bits per heavy atom. The molecule has 2 unspecified atom stereocenters. The maximum absolute atomic E-state index is 12.6. The van der Waals surface area contributed by atoms with Crippen molar-refractivity contribution in [1.82, 2.24) is 5.32 Å². The molecule has 0 spiro atoms. The number of hydrogen-bond donors (Lipinski definition) is 1. The van der Waals surface area contributed by atoms with Gasteiger partial charge in [-0.15, -0.1) is 0 Å². The summed E-state index contributed by atoms with van der Waals surface area (Å²) in [5.74, 6) is 1.44. The van der Waals surface area contributed by atoms with Gasteiger partial charge in [-0.05, 0) is 31.4 Å². The fourth-order valence-corrected chi connectivity index (χ4v) is 3.39. The minimum atomic E-state index is -0.321. The average Bonchev–Trinajstić information content (AvgIpc) is 3.02. The number of nitrogens with one attached hydrogen (secondary N) is 1. The predicted molar refractivity (Wildman–Crippen MR) is 106 cm³/mol. The van der Waals surface area contributed by atoms with E-state index in [1.807, 2.05) is 13.0 Å². The van der Waals surface area contributed by atoms with Crippen LogP contribution in [-0.4, -0.2) is 38.6 Å². The summed E-state index contributed by atoms with van der Waals surface area (Å²) in [6, 6.07) is 5.48. The average molecular weight is 376 g/mol. The zero-order chi connectivity index (χ0) is 20.0. The maximum Gasteiger partial charge on any atom is 0.227 e. The van der Waals surface area contributed by atoms with Crippen LogP contribution in [0.25, 0.3) is 0 Å². The summed E-state index contributed by atoms with van der Waals surface area (Å²) in [7, 11) is 3.13. The van der Waals surface area contributed by atoms with Crippen LogP contribution in [0.15, 0.2) is 18.2 Å². The van der Waals surface area contributed by atoms with E-state index in [2.05, 4.69) is 19.2 Å². The lowest BCUT2D eigenvalue weighted by Crippen LogP contribution is -2.38. The molecule has 2 rings (SSSR count). The van der Waals surface area contributed by atoms with Crippen molar-refractivity contribution in [3.63, 3.8) is 0 Å². The topological polar surface area (TPSA) is 67.9 Å². The van der Waals surface area contributed by atoms with Crippen LogP contribution in [0.1, 0.15) is 46.5 Å². The lowest BCUT2D eigenvalue weighted by molar-refractivity contribution is -0.126. The first-order valence-corrected chi connectivity index (χ1v) is 9.68. The number of carbonyl (C=O) groups excluding carboxylic acids is 2. The molecule has 1 saturated heterocycles. The molecule has 27 heavy (non-hydrogen) atoms. The second kappa shape index (κ2) is 9.62. The smallest absolute Gasteiger partial charge is 0.227 e. The maximum atomic E-state index is 12.6. The van der Waals surface area contributed by atoms with Crippen molar-refractivity contribution in [1.29, 1.82) is 0 Å². The van der Waals surface area contributed by atoms with E-state index in [1.54, 1.807) is 31.3 Å². The van der Waals surface area contributed by atoms with E-state index in [0.29, 0.717) is 24.0 Å². The molecule has 0 saturated carbocycles. The summed E-state index contributed by atoms with van der Waals surface area (Å²) in [5, 5.41) is 3.07. The zero-order valence-electron chi connectivity index (χ0n) is 17.1. The molecule has 150 valence electrons. The molecule has 6 nitrogen and oxygen atoms in total. The number of benzene rings is 1. The van der Waals surface area contributed by atoms with Gasteiger partial charge in [0, 0.05) is 30.8 Å². The van der Waals surface area contributed by atoms with Crippen LogP contribution in [-0.2, 0) is 9.59 Å². The summed E-state index contributed by atoms with van der Waals surface area (Å²) in [6.07, 6.45) is 3.46. The van der Waals surface area contributed by atoms with Gasteiger partial charge in [0.25, 0.3) is 0 Å². The van der Waals surface area contributed by atoms with Gasteiger partial charge in [-0.3, -0.25) is 9.59 Å². The second-order valence-corrected chi connectivity index (χ2v) is 7.68. The number of hydrogen-bond acceptors (Lipinski definition) is 4. The summed E-state index contributed by atoms with van der Waals surface area (Å²) >= 11 is 0. The molecular formula is C21H32N2O4. The standard InChI is InChI=1S/C21H32N2O4/c1-14(2)7-6-8-15(3)22-21(25)16-11-20(24)23(13-16)17-9-10-18(26-4)19(12-17)27-5/h9-10,12,14-16H,6-8,11,13H2,1-5H3,(H,22,25). The zero-order valence-corrected chi connectivity index (χ0v) is 17.1. The molecule has 0 radical (unpaired) electrons. The summed E-state index contributed by atoms with van der Waals surface area (Å²) < 4.78 is 10.5. The highest BCUT2D eigenvalue weighted by molar-refractivity contribution is 6.00. The van der Waals surface area contributed by atoms with E-state index < -0.39 is 0 Å². The van der Waals surface area contributed by atoms with Crippen molar-refractivity contribution in [2.24, 2.45) is 11.8 Å². The van der Waals surface area contributed by atoms with Crippen LogP contribution in [0.3, 0.4) is 0 Å². The van der Waals surface area contributed by atoms with Gasteiger partial charge < -0.3 is 19.7 Å². The molecule has 6 heteroatoms. The third-order valence-electron chi connectivity index (χ3n) is 4.98. The Kier molecular flexibility index (Phi) is 7.51. The minimum absolute atomic E-state index is 0.0385. The summed E-state index contributed by atoms with van der Waals surface area (Å²) in [6.45, 7) is 6.83. The van der Waals surface area contributed by atoms with E-state index in [9.17, 15) is 9.59 Å². The van der Waals surface area contributed by atoms with Gasteiger partial charge in [0.2, 0.25) is 11.8 Å². The van der Waals surface area contributed by atoms with Crippen molar-refractivity contribution in [2.75, 3.05) is 25.7 Å². The first-order chi connectivity index (χ1) is 12.8. The quantitative estimate of drug-likeness (QED) is 0.717. The molecule has 2 atom stereocenters. The monoisotopic (exact) mass is 376 g/mol. The Morgan fingerprint density at radius 2 is 1.89 bits per heavy atom. The van der Waals surface area contributed by atoms with Gasteiger partial charge in [0.1, 0.15) is 0 Å². The van der Waals surface area contributed by atoms with Crippen molar-refractivity contribution >= 4 is 17.5 Å². The second-order valence-electron chi connectivity index (χ2n) is 7.68. The molecule has 2 amide bonds. The van der Waals surface area contributed by atoms with E-state index in [4.69, 9.17) is 9.47 Å². The fourth-order valence-electron chi connectivity index (χ4n) is 3.39. The normalized spacial score (nSPS) is 17.9. The largest absolute Gasteiger partial charge is 0.493 e. The van der Waals surface area contributed by atoms with Crippen LogP contribution < -0.4 is 19.7 Å². The molecule has 0 aliphatic carbocycles. The first-order valence-electron chi connectivity index (χ1n) is 9.68. The SMILES string of the molecule is COc1ccc(N2CC(C(=O)NC(C)CCCC(C)C)CC2=O)cc1OC. The predicted octanol–water partition coefficient (Wildman–Crippen LogP) is 3.39. The lowest BCUT2D eigenvalue weighted by Gasteiger charge is -2.20. The van der Waals surface area contributed by atoms with E-state index in [0.717, 1.165) is 24.9 Å². The highest BCUT2D eigenvalue weighted by atomic mass is 16.5. The number of anilines is 1. The molecule has 0 aromatic heterocycles. The van der Waals surface area contributed by atoms with E-state index >= 15 is 0 Å². The summed E-state index contributed by atoms with van der Waals surface area (Å²) in [4.78, 5) is 26.7. The summed E-state index contributed by atoms with van der Waals surface area (Å²) in [5.41, 5.74) is 0.720. The highest BCUT2D eigenvalue weighted by Gasteiger charge is 2.35. The number of rotatable bonds is 9. The van der Waals surface area contributed by atoms with Gasteiger partial charge in [-0.2, -0.15) is 0 Å². The molecule has 0 bridgehead atoms. The molecule has 1 aliphatic rings. The Bertz CT molecular complexity index is 660. The van der Waals surface area contributed by atoms with Crippen LogP contribution in [0, 0.1) is 11.8 Å². The number of ether oxygens (including phenoxy) is 2.